The second kappa shape index (κ2) is 32.2. The second-order valence-electron chi connectivity index (χ2n) is 26.5. The molecule has 1 N–H and O–H groups in total. The van der Waals surface area contributed by atoms with Crippen molar-refractivity contribution in [1.82, 2.24) is 13.7 Å². The van der Waals surface area contributed by atoms with Gasteiger partial charge >= 0.3 is 0 Å². The van der Waals surface area contributed by atoms with Gasteiger partial charge in [0.05, 0.1) is 33.1 Å². The standard InChI is InChI=1S/C62H44N4.C24H18N2.C14H10Br2.CH4/c1-5-17-47(18-6-1)63(53-39-41-61-57(43-53)55-25-13-15-27-59(55)65(61)49-21-9-3-10-22-49)51-35-31-45(32-36-51)29-30-46-33-37-52(38-34-46)64(48-19-7-2-8-20-48)54-40-42-62-58(44-54)56-26-14-16-28-60(56)66(62)50-23-11-4-12-24-50;1-3-9-18(10-4-1)25-19-15-16-24-22(17-19)21-13-7-8-14-23(21)26(24)20-11-5-2-6-12-20;15-13-7-3-11(4-8-13)1-2-12-5-9-14(16)10-6-12;/h1-44H;1-17,25H;1-10H;1H4/b30-29+;;2-1+;. The quantitative estimate of drug-likeness (QED) is 0.104. The zero-order valence-electron chi connectivity index (χ0n) is 59.0. The minimum absolute atomic E-state index is 0. The molecule has 6 nitrogen and oxygen atoms in total. The Morgan fingerprint density at radius 1 is 0.211 bits per heavy atom. The average molecular weight is 1530 g/mol. The highest BCUT2D eigenvalue weighted by molar-refractivity contribution is 9.10. The molecule has 19 rings (SSSR count). The third kappa shape index (κ3) is 15.0. The van der Waals surface area contributed by atoms with Gasteiger partial charge in [0, 0.05) is 104 Å². The summed E-state index contributed by atoms with van der Waals surface area (Å²) in [5.74, 6) is 0. The monoisotopic (exact) mass is 1530 g/mol. The van der Waals surface area contributed by atoms with E-state index in [-0.39, 0.29) is 7.43 Å². The molecule has 0 amide bonds. The molecule has 0 aliphatic rings. The van der Waals surface area contributed by atoms with E-state index in [0.29, 0.717) is 0 Å². The largest absolute Gasteiger partial charge is 0.356 e. The van der Waals surface area contributed by atoms with Crippen molar-refractivity contribution in [2.45, 2.75) is 7.43 Å². The number of aromatic nitrogens is 3. The molecule has 0 saturated heterocycles. The average Bonchev–Trinajstić information content (AvgIpc) is 1.61. The molecule has 19 aromatic rings. The summed E-state index contributed by atoms with van der Waals surface area (Å²) in [6.07, 6.45) is 8.61. The molecule has 16 aromatic carbocycles. The lowest BCUT2D eigenvalue weighted by atomic mass is 10.1. The summed E-state index contributed by atoms with van der Waals surface area (Å²) in [7, 11) is 0. The van der Waals surface area contributed by atoms with Crippen molar-refractivity contribution < 1.29 is 0 Å². The third-order valence-electron chi connectivity index (χ3n) is 19.6. The third-order valence-corrected chi connectivity index (χ3v) is 20.7. The summed E-state index contributed by atoms with van der Waals surface area (Å²) in [4.78, 5) is 4.69. The highest BCUT2D eigenvalue weighted by Gasteiger charge is 2.21. The van der Waals surface area contributed by atoms with E-state index in [2.05, 4.69) is 449 Å². The molecule has 109 heavy (non-hydrogen) atoms. The second-order valence-corrected chi connectivity index (χ2v) is 28.3. The highest BCUT2D eigenvalue weighted by atomic mass is 79.9. The molecule has 0 unspecified atom stereocenters. The molecule has 0 atom stereocenters. The Balaban J connectivity index is 0.000000170. The smallest absolute Gasteiger partial charge is 0.0542 e. The van der Waals surface area contributed by atoms with Crippen molar-refractivity contribution in [2.75, 3.05) is 15.1 Å². The Bertz CT molecular complexity index is 6060. The first-order valence-corrected chi connectivity index (χ1v) is 37.8. The molecule has 0 bridgehead atoms. The lowest BCUT2D eigenvalue weighted by molar-refractivity contribution is 1.18. The van der Waals surface area contributed by atoms with Crippen LogP contribution in [0.3, 0.4) is 0 Å². The number of hydrogen-bond donors (Lipinski definition) is 1. The number of nitrogens with zero attached hydrogens (tertiary/aromatic N) is 5. The van der Waals surface area contributed by atoms with E-state index in [9.17, 15) is 0 Å². The van der Waals surface area contributed by atoms with E-state index in [1.54, 1.807) is 0 Å². The number of hydrogen-bond acceptors (Lipinski definition) is 3. The highest BCUT2D eigenvalue weighted by Crippen LogP contribution is 2.43. The molecule has 8 heteroatoms. The molecule has 0 spiro atoms. The Morgan fingerprint density at radius 2 is 0.468 bits per heavy atom. The van der Waals surface area contributed by atoms with Gasteiger partial charge in [-0.25, -0.2) is 0 Å². The Morgan fingerprint density at radius 3 is 0.817 bits per heavy atom. The van der Waals surface area contributed by atoms with Gasteiger partial charge in [-0.1, -0.05) is 276 Å². The van der Waals surface area contributed by atoms with Crippen molar-refractivity contribution in [3.8, 4) is 17.1 Å². The lowest BCUT2D eigenvalue weighted by Crippen LogP contribution is -2.09. The predicted octanol–water partition coefficient (Wildman–Crippen LogP) is 29.5. The molecule has 3 aromatic heterocycles. The van der Waals surface area contributed by atoms with Gasteiger partial charge in [0.15, 0.2) is 0 Å². The Hall–Kier alpha value is -13.2. The Kier molecular flexibility index (Phi) is 20.7. The van der Waals surface area contributed by atoms with Crippen LogP contribution in [0.5, 0.6) is 0 Å². The first-order valence-electron chi connectivity index (χ1n) is 36.2. The van der Waals surface area contributed by atoms with Crippen LogP contribution in [0.2, 0.25) is 0 Å². The van der Waals surface area contributed by atoms with Crippen LogP contribution in [-0.4, -0.2) is 13.7 Å². The van der Waals surface area contributed by atoms with Gasteiger partial charge in [0.2, 0.25) is 0 Å². The number of benzene rings is 16. The number of anilines is 8. The van der Waals surface area contributed by atoms with E-state index in [1.165, 1.54) is 82.2 Å². The maximum atomic E-state index is 3.50. The molecule has 0 aliphatic heterocycles. The summed E-state index contributed by atoms with van der Waals surface area (Å²) in [5.41, 5.74) is 24.2. The predicted molar refractivity (Wildman–Crippen MR) is 474 cm³/mol. The molecular weight excluding hydrogens is 1460 g/mol. The van der Waals surface area contributed by atoms with Gasteiger partial charge in [0.1, 0.15) is 0 Å². The normalized spacial score (nSPS) is 11.2. The lowest BCUT2D eigenvalue weighted by Gasteiger charge is -2.26. The summed E-state index contributed by atoms with van der Waals surface area (Å²) in [6.45, 7) is 0. The van der Waals surface area contributed by atoms with Crippen LogP contribution in [0.4, 0.5) is 45.5 Å². The fraction of sp³-hybridized carbons (Fsp3) is 0.00990. The van der Waals surface area contributed by atoms with Gasteiger partial charge in [-0.15, -0.1) is 0 Å². The molecule has 0 fully saturated rings. The minimum Gasteiger partial charge on any atom is -0.356 e. The van der Waals surface area contributed by atoms with Crippen molar-refractivity contribution in [2.24, 2.45) is 0 Å². The first kappa shape index (κ1) is 70.1. The van der Waals surface area contributed by atoms with Crippen LogP contribution in [-0.2, 0) is 0 Å². The van der Waals surface area contributed by atoms with Crippen molar-refractivity contribution in [1.29, 1.82) is 0 Å². The fourth-order valence-corrected chi connectivity index (χ4v) is 15.1. The van der Waals surface area contributed by atoms with Gasteiger partial charge in [-0.2, -0.15) is 0 Å². The zero-order valence-corrected chi connectivity index (χ0v) is 62.2. The Labute approximate surface area is 653 Å². The van der Waals surface area contributed by atoms with Crippen molar-refractivity contribution >= 4 is 167 Å². The first-order chi connectivity index (χ1) is 53.4. The molecule has 3 heterocycles. The maximum Gasteiger partial charge on any atom is 0.0542 e. The topological polar surface area (TPSA) is 33.3 Å². The van der Waals surface area contributed by atoms with Crippen LogP contribution in [0, 0.1) is 0 Å². The van der Waals surface area contributed by atoms with Crippen molar-refractivity contribution in [3.63, 3.8) is 0 Å². The number of nitrogens with one attached hydrogen (secondary N) is 1. The van der Waals surface area contributed by atoms with E-state index < -0.39 is 0 Å². The minimum atomic E-state index is 0. The molecule has 0 radical (unpaired) electrons. The van der Waals surface area contributed by atoms with Gasteiger partial charge in [-0.3, -0.25) is 0 Å². The van der Waals surface area contributed by atoms with Crippen LogP contribution in [0.25, 0.3) is 107 Å². The summed E-state index contributed by atoms with van der Waals surface area (Å²) in [5, 5.41) is 10.9. The van der Waals surface area contributed by atoms with Gasteiger partial charge < -0.3 is 28.8 Å². The number of rotatable bonds is 15. The summed E-state index contributed by atoms with van der Waals surface area (Å²) in [6, 6.07) is 144. The molecule has 0 aliphatic carbocycles. The number of fused-ring (bicyclic) bond motifs is 9. The van der Waals surface area contributed by atoms with E-state index in [1.807, 2.05) is 42.5 Å². The van der Waals surface area contributed by atoms with E-state index >= 15 is 0 Å². The zero-order chi connectivity index (χ0) is 72.5. The number of para-hydroxylation sites is 9. The van der Waals surface area contributed by atoms with Crippen LogP contribution in [0.1, 0.15) is 29.7 Å². The summed E-state index contributed by atoms with van der Waals surface area (Å²) < 4.78 is 9.27. The van der Waals surface area contributed by atoms with Crippen LogP contribution in [0.15, 0.2) is 415 Å². The molecule has 0 saturated carbocycles. The van der Waals surface area contributed by atoms with Crippen LogP contribution < -0.4 is 15.1 Å². The van der Waals surface area contributed by atoms with Gasteiger partial charge in [-0.05, 0) is 216 Å². The molecule has 524 valence electrons. The van der Waals surface area contributed by atoms with E-state index in [4.69, 9.17) is 0 Å². The maximum absolute atomic E-state index is 3.50. The summed E-state index contributed by atoms with van der Waals surface area (Å²) >= 11 is 6.84. The SMILES string of the molecule is Brc1ccc(/C=C/c2ccc(Br)cc2)cc1.C.C(=C\c1ccc(N(c2ccccc2)c2ccc3c(c2)c2ccccc2n3-c2ccccc2)cc1)/c1ccc(N(c2ccccc2)c2ccc3c(c2)c2ccccc2n3-c2ccccc2)cc1.c1ccc(Nc2ccc3c(c2)c2ccccc2n3-c2ccccc2)cc1. The van der Waals surface area contributed by atoms with E-state index in [0.717, 1.165) is 76.9 Å². The van der Waals surface area contributed by atoms with Crippen molar-refractivity contribution in [3.05, 3.63) is 438 Å². The molecular formula is C101H76Br2N6. The van der Waals surface area contributed by atoms with Crippen LogP contribution >= 0.6 is 31.9 Å². The van der Waals surface area contributed by atoms with Gasteiger partial charge in [0.25, 0.3) is 0 Å². The fourth-order valence-electron chi connectivity index (χ4n) is 14.6. The number of halogens is 2.